The van der Waals surface area contributed by atoms with E-state index in [1.807, 2.05) is 24.2 Å². The SMILES string of the molecule is CC[C@@H]1CCCc2c(-c3nc(SC)c4cnn([C@@H](C)[C@@H]5C[C@@H](F)CN5C)c4n3)noc21. The van der Waals surface area contributed by atoms with Gasteiger partial charge in [0.15, 0.2) is 17.2 Å². The number of aromatic nitrogens is 5. The average molecular weight is 445 g/mol. The summed E-state index contributed by atoms with van der Waals surface area (Å²) >= 11 is 1.58. The van der Waals surface area contributed by atoms with Crippen molar-refractivity contribution in [2.24, 2.45) is 0 Å². The minimum atomic E-state index is -0.792. The molecule has 4 atom stereocenters. The van der Waals surface area contributed by atoms with Crippen LogP contribution in [-0.4, -0.2) is 61.9 Å². The first-order valence-corrected chi connectivity index (χ1v) is 12.4. The van der Waals surface area contributed by atoms with Gasteiger partial charge in [-0.15, -0.1) is 11.8 Å². The van der Waals surface area contributed by atoms with Crippen LogP contribution in [0.15, 0.2) is 15.7 Å². The molecule has 1 aliphatic heterocycles. The van der Waals surface area contributed by atoms with Crippen LogP contribution in [-0.2, 0) is 6.42 Å². The van der Waals surface area contributed by atoms with Crippen molar-refractivity contribution < 1.29 is 8.91 Å². The Morgan fingerprint density at radius 2 is 2.19 bits per heavy atom. The van der Waals surface area contributed by atoms with E-state index in [0.29, 0.717) is 24.7 Å². The zero-order chi connectivity index (χ0) is 21.7. The van der Waals surface area contributed by atoms with Crippen molar-refractivity contribution >= 4 is 22.8 Å². The summed E-state index contributed by atoms with van der Waals surface area (Å²) in [5, 5.41) is 10.9. The fourth-order valence-electron chi connectivity index (χ4n) is 5.26. The normalized spacial score (nSPS) is 25.3. The molecular weight excluding hydrogens is 415 g/mol. The Balaban J connectivity index is 1.60. The smallest absolute Gasteiger partial charge is 0.185 e. The molecule has 1 fully saturated rings. The van der Waals surface area contributed by atoms with Crippen molar-refractivity contribution in [1.29, 1.82) is 0 Å². The van der Waals surface area contributed by atoms with Crippen LogP contribution in [0, 0.1) is 0 Å². The fourth-order valence-corrected chi connectivity index (χ4v) is 5.80. The average Bonchev–Trinajstić information content (AvgIpc) is 3.48. The highest BCUT2D eigenvalue weighted by atomic mass is 32.2. The summed E-state index contributed by atoms with van der Waals surface area (Å²) in [5.74, 6) is 2.02. The van der Waals surface area contributed by atoms with Gasteiger partial charge in [0.05, 0.1) is 17.6 Å². The van der Waals surface area contributed by atoms with E-state index in [0.717, 1.165) is 58.8 Å². The van der Waals surface area contributed by atoms with Crippen LogP contribution < -0.4 is 0 Å². The van der Waals surface area contributed by atoms with E-state index in [-0.39, 0.29) is 12.1 Å². The number of hydrogen-bond acceptors (Lipinski definition) is 7. The molecule has 4 heterocycles. The predicted molar refractivity (Wildman–Crippen MR) is 119 cm³/mol. The molecular formula is C22H29FN6OS. The first kappa shape index (κ1) is 20.9. The quantitative estimate of drug-likeness (QED) is 0.419. The molecule has 0 N–H and O–H groups in total. The van der Waals surface area contributed by atoms with Crippen molar-refractivity contribution in [1.82, 2.24) is 29.8 Å². The molecule has 0 aromatic carbocycles. The maximum Gasteiger partial charge on any atom is 0.185 e. The molecule has 0 amide bonds. The third-order valence-corrected chi connectivity index (χ3v) is 7.68. The summed E-state index contributed by atoms with van der Waals surface area (Å²) in [5.41, 5.74) is 2.68. The molecule has 0 unspecified atom stereocenters. The molecule has 5 rings (SSSR count). The Labute approximate surface area is 185 Å². The van der Waals surface area contributed by atoms with Gasteiger partial charge in [0.2, 0.25) is 0 Å². The zero-order valence-electron chi connectivity index (χ0n) is 18.5. The van der Waals surface area contributed by atoms with E-state index >= 15 is 0 Å². The molecule has 3 aromatic heterocycles. The molecule has 1 saturated heterocycles. The molecule has 0 radical (unpaired) electrons. The Morgan fingerprint density at radius 1 is 1.35 bits per heavy atom. The third-order valence-electron chi connectivity index (χ3n) is 6.98. The monoisotopic (exact) mass is 444 g/mol. The van der Waals surface area contributed by atoms with E-state index in [2.05, 4.69) is 29.0 Å². The second kappa shape index (κ2) is 8.16. The minimum Gasteiger partial charge on any atom is -0.360 e. The number of hydrogen-bond donors (Lipinski definition) is 0. The van der Waals surface area contributed by atoms with Gasteiger partial charge in [0.1, 0.15) is 17.0 Å². The second-order valence-corrected chi connectivity index (χ2v) is 9.63. The topological polar surface area (TPSA) is 72.9 Å². The highest BCUT2D eigenvalue weighted by molar-refractivity contribution is 7.98. The molecule has 1 aliphatic carbocycles. The lowest BCUT2D eigenvalue weighted by Crippen LogP contribution is -2.33. The minimum absolute atomic E-state index is 0.00333. The van der Waals surface area contributed by atoms with E-state index in [9.17, 15) is 4.39 Å². The van der Waals surface area contributed by atoms with Crippen LogP contribution in [0.2, 0.25) is 0 Å². The third kappa shape index (κ3) is 3.46. The number of thioether (sulfide) groups is 1. The van der Waals surface area contributed by atoms with E-state index < -0.39 is 6.17 Å². The molecule has 0 spiro atoms. The van der Waals surface area contributed by atoms with Crippen molar-refractivity contribution in [3.8, 4) is 11.5 Å². The maximum absolute atomic E-state index is 14.0. The fraction of sp³-hybridized carbons (Fsp3) is 0.636. The number of likely N-dealkylation sites (N-methyl/N-ethyl adjacent to an activating group) is 1. The van der Waals surface area contributed by atoms with Crippen molar-refractivity contribution in [2.75, 3.05) is 19.8 Å². The summed E-state index contributed by atoms with van der Waals surface area (Å²) in [4.78, 5) is 11.8. The largest absolute Gasteiger partial charge is 0.360 e. The Bertz CT molecular complexity index is 1100. The van der Waals surface area contributed by atoms with Gasteiger partial charge >= 0.3 is 0 Å². The summed E-state index contributed by atoms with van der Waals surface area (Å²) in [6.07, 6.45) is 7.83. The number of alkyl halides is 1. The van der Waals surface area contributed by atoms with Gasteiger partial charge in [-0.3, -0.25) is 4.90 Å². The van der Waals surface area contributed by atoms with Crippen LogP contribution in [0.25, 0.3) is 22.6 Å². The molecule has 31 heavy (non-hydrogen) atoms. The van der Waals surface area contributed by atoms with Gasteiger partial charge in [-0.2, -0.15) is 5.10 Å². The van der Waals surface area contributed by atoms with Gasteiger partial charge in [-0.05, 0) is 52.3 Å². The van der Waals surface area contributed by atoms with Crippen LogP contribution in [0.5, 0.6) is 0 Å². The van der Waals surface area contributed by atoms with Crippen molar-refractivity contribution in [3.05, 3.63) is 17.5 Å². The maximum atomic E-state index is 14.0. The van der Waals surface area contributed by atoms with Crippen LogP contribution in [0.1, 0.15) is 62.8 Å². The van der Waals surface area contributed by atoms with Gasteiger partial charge < -0.3 is 4.52 Å². The molecule has 166 valence electrons. The Hall–Kier alpha value is -2.00. The van der Waals surface area contributed by atoms with E-state index in [1.165, 1.54) is 0 Å². The first-order chi connectivity index (χ1) is 15.0. The van der Waals surface area contributed by atoms with Gasteiger partial charge in [-0.1, -0.05) is 12.1 Å². The molecule has 3 aromatic rings. The lowest BCUT2D eigenvalue weighted by Gasteiger charge is -2.26. The lowest BCUT2D eigenvalue weighted by molar-refractivity contribution is 0.231. The number of rotatable bonds is 5. The number of nitrogens with zero attached hydrogens (tertiary/aromatic N) is 6. The van der Waals surface area contributed by atoms with Crippen LogP contribution >= 0.6 is 11.8 Å². The summed E-state index contributed by atoms with van der Waals surface area (Å²) in [6, 6.07) is 0.0794. The first-order valence-electron chi connectivity index (χ1n) is 11.1. The summed E-state index contributed by atoms with van der Waals surface area (Å²) < 4.78 is 21.7. The van der Waals surface area contributed by atoms with Gasteiger partial charge in [0, 0.05) is 24.1 Å². The van der Waals surface area contributed by atoms with Gasteiger partial charge in [0.25, 0.3) is 0 Å². The zero-order valence-corrected chi connectivity index (χ0v) is 19.3. The van der Waals surface area contributed by atoms with Crippen LogP contribution in [0.4, 0.5) is 4.39 Å². The van der Waals surface area contributed by atoms with E-state index in [4.69, 9.17) is 14.5 Å². The second-order valence-electron chi connectivity index (χ2n) is 8.83. The molecule has 7 nitrogen and oxygen atoms in total. The highest BCUT2D eigenvalue weighted by Crippen LogP contribution is 2.39. The molecule has 0 bridgehead atoms. The number of halogens is 1. The standard InChI is InChI=1S/C22H29FN6OS/c1-5-13-7-6-8-15-18(27-30-19(13)15)20-25-21-16(22(26-20)31-4)10-24-29(21)12(2)17-9-14(23)11-28(17)3/h10,12-14,17H,5-9,11H2,1-4H3/t12-,13+,14+,17-/m0/s1. The van der Waals surface area contributed by atoms with E-state index in [1.54, 1.807) is 11.8 Å². The molecule has 0 saturated carbocycles. The number of fused-ring (bicyclic) bond motifs is 2. The van der Waals surface area contributed by atoms with Gasteiger partial charge in [-0.25, -0.2) is 19.0 Å². The number of likely N-dealkylation sites (tertiary alicyclic amines) is 1. The predicted octanol–water partition coefficient (Wildman–Crippen LogP) is 4.64. The Kier molecular flexibility index (Phi) is 5.50. The molecule has 9 heteroatoms. The van der Waals surface area contributed by atoms with Crippen molar-refractivity contribution in [3.63, 3.8) is 0 Å². The lowest BCUT2D eigenvalue weighted by atomic mass is 9.86. The van der Waals surface area contributed by atoms with Crippen molar-refractivity contribution in [2.45, 2.75) is 75.2 Å². The summed E-state index contributed by atoms with van der Waals surface area (Å²) in [7, 11) is 1.98. The Morgan fingerprint density at radius 3 is 2.90 bits per heavy atom. The van der Waals surface area contributed by atoms with Crippen LogP contribution in [0.3, 0.4) is 0 Å². The summed E-state index contributed by atoms with van der Waals surface area (Å²) in [6.45, 7) is 4.75. The molecule has 2 aliphatic rings. The highest BCUT2D eigenvalue weighted by Gasteiger charge is 2.35.